The van der Waals surface area contributed by atoms with E-state index < -0.39 is 5.54 Å². The van der Waals surface area contributed by atoms with E-state index >= 15 is 0 Å². The largest absolute Gasteiger partial charge is 0.362 e. The van der Waals surface area contributed by atoms with Gasteiger partial charge in [-0.05, 0) is 67.8 Å². The van der Waals surface area contributed by atoms with Gasteiger partial charge in [-0.25, -0.2) is 9.37 Å². The van der Waals surface area contributed by atoms with E-state index in [2.05, 4.69) is 35.4 Å². The molecule has 5 rings (SSSR count). The molecule has 0 radical (unpaired) electrons. The van der Waals surface area contributed by atoms with Crippen LogP contribution in [0, 0.1) is 12.7 Å². The van der Waals surface area contributed by atoms with E-state index in [9.17, 15) is 9.18 Å². The summed E-state index contributed by atoms with van der Waals surface area (Å²) in [6.07, 6.45) is 6.96. The average Bonchev–Trinajstić information content (AvgIpc) is 3.31. The zero-order chi connectivity index (χ0) is 22.1. The first-order valence-electron chi connectivity index (χ1n) is 11.2. The Morgan fingerprint density at radius 3 is 2.56 bits per heavy atom. The van der Waals surface area contributed by atoms with Gasteiger partial charge in [-0.1, -0.05) is 37.5 Å². The average molecular weight is 428 g/mol. The lowest BCUT2D eigenvalue weighted by atomic mass is 9.79. The zero-order valence-electron chi connectivity index (χ0n) is 18.1. The van der Waals surface area contributed by atoms with Crippen LogP contribution < -0.4 is 5.32 Å². The van der Waals surface area contributed by atoms with Gasteiger partial charge in [0.05, 0.1) is 16.7 Å². The lowest BCUT2D eigenvalue weighted by molar-refractivity contribution is 0.0862. The summed E-state index contributed by atoms with van der Waals surface area (Å²) in [6, 6.07) is 18.1. The summed E-state index contributed by atoms with van der Waals surface area (Å²) in [5.74, 6) is -0.524. The highest BCUT2D eigenvalue weighted by atomic mass is 19.1. The summed E-state index contributed by atoms with van der Waals surface area (Å²) in [5.41, 5.74) is 5.08. The van der Waals surface area contributed by atoms with Gasteiger partial charge in [-0.2, -0.15) is 0 Å². The van der Waals surface area contributed by atoms with Gasteiger partial charge in [0.25, 0.3) is 5.91 Å². The maximum atomic E-state index is 13.3. The van der Waals surface area contributed by atoms with E-state index in [1.165, 1.54) is 29.8 Å². The number of nitrogens with zero attached hydrogens (tertiary/aromatic N) is 1. The van der Waals surface area contributed by atoms with Crippen LogP contribution in [0.3, 0.4) is 0 Å². The number of aromatic nitrogens is 2. The van der Waals surface area contributed by atoms with Gasteiger partial charge in [0.1, 0.15) is 5.82 Å². The quantitative estimate of drug-likeness (QED) is 0.403. The number of halogens is 1. The molecule has 0 aliphatic heterocycles. The molecule has 1 amide bonds. The van der Waals surface area contributed by atoms with E-state index in [-0.39, 0.29) is 11.7 Å². The molecule has 2 N–H and O–H groups in total. The van der Waals surface area contributed by atoms with Crippen molar-refractivity contribution in [1.29, 1.82) is 0 Å². The minimum absolute atomic E-state index is 0.178. The van der Waals surface area contributed by atoms with Crippen LogP contribution in [-0.2, 0) is 5.54 Å². The minimum Gasteiger partial charge on any atom is -0.362 e. The van der Waals surface area contributed by atoms with Gasteiger partial charge in [-0.15, -0.1) is 0 Å². The van der Waals surface area contributed by atoms with Crippen molar-refractivity contribution in [1.82, 2.24) is 15.3 Å². The van der Waals surface area contributed by atoms with Gasteiger partial charge in [0.2, 0.25) is 0 Å². The lowest BCUT2D eigenvalue weighted by Gasteiger charge is -2.37. The van der Waals surface area contributed by atoms with Crippen molar-refractivity contribution >= 4 is 16.8 Å². The third-order valence-corrected chi connectivity index (χ3v) is 6.58. The number of fused-ring (bicyclic) bond motifs is 1. The standard InChI is InChI=1S/C27H26FN3O/c1-18-15-24(30-23-8-4-3-7-22(18)23)20-16-25(29-17-20)27(13-5-2-6-14-27)31-26(32)19-9-11-21(28)12-10-19/h3-4,7-12,15-17,29H,2,5-6,13-14H2,1H3,(H,31,32). The zero-order valence-corrected chi connectivity index (χ0v) is 18.1. The minimum atomic E-state index is -0.464. The highest BCUT2D eigenvalue weighted by Gasteiger charge is 2.37. The van der Waals surface area contributed by atoms with E-state index in [0.29, 0.717) is 5.56 Å². The molecule has 1 saturated carbocycles. The number of hydrogen-bond acceptors (Lipinski definition) is 2. The Bertz CT molecular complexity index is 1270. The van der Waals surface area contributed by atoms with Crippen molar-refractivity contribution < 1.29 is 9.18 Å². The number of rotatable bonds is 4. The van der Waals surface area contributed by atoms with Crippen LogP contribution >= 0.6 is 0 Å². The number of para-hydroxylation sites is 1. The Balaban J connectivity index is 1.49. The monoisotopic (exact) mass is 427 g/mol. The summed E-state index contributed by atoms with van der Waals surface area (Å²) in [6.45, 7) is 2.10. The molecule has 0 unspecified atom stereocenters. The number of aromatic amines is 1. The number of aryl methyl sites for hydroxylation is 1. The molecule has 0 saturated heterocycles. The van der Waals surface area contributed by atoms with Crippen LogP contribution in [0.2, 0.25) is 0 Å². The Labute approximate surface area is 186 Å². The number of carbonyl (C=O) groups is 1. The number of nitrogens with one attached hydrogen (secondary N) is 2. The maximum absolute atomic E-state index is 13.3. The Morgan fingerprint density at radius 1 is 1.03 bits per heavy atom. The van der Waals surface area contributed by atoms with Gasteiger partial charge in [0.15, 0.2) is 0 Å². The highest BCUT2D eigenvalue weighted by molar-refractivity contribution is 5.94. The number of carbonyl (C=O) groups excluding carboxylic acids is 1. The van der Waals surface area contributed by atoms with Gasteiger partial charge in [-0.3, -0.25) is 4.79 Å². The molecule has 0 bridgehead atoms. The first-order valence-corrected chi connectivity index (χ1v) is 11.2. The highest BCUT2D eigenvalue weighted by Crippen LogP contribution is 2.38. The van der Waals surface area contributed by atoms with E-state index in [0.717, 1.165) is 60.0 Å². The second-order valence-electron chi connectivity index (χ2n) is 8.75. The van der Waals surface area contributed by atoms with Crippen molar-refractivity contribution in [3.8, 4) is 11.3 Å². The lowest BCUT2D eigenvalue weighted by Crippen LogP contribution is -2.47. The first-order chi connectivity index (χ1) is 15.5. The third-order valence-electron chi connectivity index (χ3n) is 6.58. The SMILES string of the molecule is Cc1cc(-c2c[nH]c(C3(NC(=O)c4ccc(F)cc4)CCCCC3)c2)nc2ccccc12. The molecule has 4 nitrogen and oxygen atoms in total. The van der Waals surface area contributed by atoms with Crippen LogP contribution in [0.15, 0.2) is 66.9 Å². The second-order valence-corrected chi connectivity index (χ2v) is 8.75. The third kappa shape index (κ3) is 3.79. The van der Waals surface area contributed by atoms with Crippen LogP contribution in [0.1, 0.15) is 53.7 Å². The Hall–Kier alpha value is -3.47. The molecule has 5 heteroatoms. The topological polar surface area (TPSA) is 57.8 Å². The molecule has 2 aromatic heterocycles. The first kappa shape index (κ1) is 20.4. The van der Waals surface area contributed by atoms with Crippen molar-refractivity contribution in [2.45, 2.75) is 44.6 Å². The van der Waals surface area contributed by atoms with Crippen molar-refractivity contribution in [2.75, 3.05) is 0 Å². The van der Waals surface area contributed by atoms with Crippen LogP contribution in [0.25, 0.3) is 22.2 Å². The number of benzene rings is 2. The molecule has 1 fully saturated rings. The fourth-order valence-electron chi connectivity index (χ4n) is 4.82. The van der Waals surface area contributed by atoms with Crippen molar-refractivity contribution in [2.24, 2.45) is 0 Å². The van der Waals surface area contributed by atoms with Gasteiger partial charge >= 0.3 is 0 Å². The fourth-order valence-corrected chi connectivity index (χ4v) is 4.82. The summed E-state index contributed by atoms with van der Waals surface area (Å²) in [7, 11) is 0. The Morgan fingerprint density at radius 2 is 1.78 bits per heavy atom. The molecule has 1 aliphatic rings. The Kier molecular flexibility index (Phi) is 5.25. The van der Waals surface area contributed by atoms with E-state index in [4.69, 9.17) is 4.98 Å². The normalized spacial score (nSPS) is 15.6. The summed E-state index contributed by atoms with van der Waals surface area (Å²) in [4.78, 5) is 21.3. The number of H-pyrrole nitrogens is 1. The van der Waals surface area contributed by atoms with Crippen LogP contribution in [0.5, 0.6) is 0 Å². The molecule has 0 atom stereocenters. The van der Waals surface area contributed by atoms with E-state index in [1.54, 1.807) is 0 Å². The van der Waals surface area contributed by atoms with Gasteiger partial charge < -0.3 is 10.3 Å². The van der Waals surface area contributed by atoms with Crippen molar-refractivity contribution in [3.05, 3.63) is 89.5 Å². The molecular weight excluding hydrogens is 401 g/mol. The molecule has 2 aromatic carbocycles. The smallest absolute Gasteiger partial charge is 0.252 e. The molecule has 4 aromatic rings. The maximum Gasteiger partial charge on any atom is 0.252 e. The summed E-state index contributed by atoms with van der Waals surface area (Å²) in [5, 5.41) is 4.43. The molecule has 2 heterocycles. The van der Waals surface area contributed by atoms with Crippen LogP contribution in [0.4, 0.5) is 4.39 Å². The number of pyridine rings is 1. The molecule has 0 spiro atoms. The molecular formula is C27H26FN3O. The number of amides is 1. The van der Waals surface area contributed by atoms with E-state index in [1.807, 2.05) is 24.4 Å². The number of hydrogen-bond donors (Lipinski definition) is 2. The summed E-state index contributed by atoms with van der Waals surface area (Å²) < 4.78 is 13.3. The second kappa shape index (κ2) is 8.23. The van der Waals surface area contributed by atoms with Crippen LogP contribution in [-0.4, -0.2) is 15.9 Å². The summed E-state index contributed by atoms with van der Waals surface area (Å²) >= 11 is 0. The molecule has 162 valence electrons. The molecule has 1 aliphatic carbocycles. The molecule has 32 heavy (non-hydrogen) atoms. The predicted molar refractivity (Wildman–Crippen MR) is 125 cm³/mol. The van der Waals surface area contributed by atoms with Gasteiger partial charge in [0, 0.05) is 28.4 Å². The fraction of sp³-hybridized carbons (Fsp3) is 0.259. The predicted octanol–water partition coefficient (Wildman–Crippen LogP) is 6.27. The van der Waals surface area contributed by atoms with Crippen molar-refractivity contribution in [3.63, 3.8) is 0 Å².